The van der Waals surface area contributed by atoms with Crippen molar-refractivity contribution >= 4 is 132 Å². The summed E-state index contributed by atoms with van der Waals surface area (Å²) < 4.78 is 1.30. The molecule has 2 saturated heterocycles. The van der Waals surface area contributed by atoms with Crippen molar-refractivity contribution in [3.05, 3.63) is 77.7 Å². The molecule has 2 aromatic carbocycles. The minimum atomic E-state index is -1.87. The van der Waals surface area contributed by atoms with Gasteiger partial charge in [0.25, 0.3) is 0 Å². The molecular weight excluding hydrogens is 1520 g/mol. The standard InChI is InChI=1S/C74H102N18O19S2.CH4/c1-39(93)66-62(100)32-46(33-65(103)104)72(110)92-23-7-13-56(92)61(99)29-42(8-4-20-81-73(78)79)69(107)87-55-38-113-112-37-54(84-64(102)34-75)60(98)31-45(71(109)88-66)25-48-36-91(90-89-48)22-6-12-52(57(95)30-44(67(77)105)24-40-14-17-49(94)18-15-40)85-70(108)43(16-19-63(76)101)28-58(96)53(26-47-35-83-51-11-3-2-10-50(47)51)86-68(106)41(27-59(55)97)9-5-21-82-74(80)111;/h2-3,10-11,14-15,17-18,35-36,39,41-46,52-56,66,83,93-94H,4-9,12-13,16,19-34,37-38,75H2,1H3,(H2,76,101)(H2,77,105)(H,84,102)(H,85,108)(H,86,106)(H,87,107)(H,88,109)(H,103,104)(H4,78,79,81)(H3,80,82,111);1H4/t39-,41-,42-,43-,44-,45-,46+,52+,53+,54+,55+,56+,66+;/m1./s1. The number of primary amides is 3. The molecule has 2 aromatic heterocycles. The number of carboxylic acid groups (broad SMARTS) is 1. The van der Waals surface area contributed by atoms with E-state index in [0.717, 1.165) is 33.4 Å². The molecule has 114 heavy (non-hydrogen) atoms. The van der Waals surface area contributed by atoms with Crippen LogP contribution in [-0.2, 0) is 97.7 Å². The maximum absolute atomic E-state index is 15.5. The number of nitrogens with zero attached hydrogens (tertiary/aromatic N) is 5. The molecule has 13 atom stereocenters. The predicted octanol–water partition coefficient (Wildman–Crippen LogP) is -0.748. The van der Waals surface area contributed by atoms with Crippen molar-refractivity contribution in [3.8, 4) is 5.75 Å². The number of phenols is 1. The number of nitrogens with two attached hydrogens (primary N) is 6. The number of hydrogen-bond donors (Lipinski definition) is 16. The fourth-order valence-electron chi connectivity index (χ4n) is 14.1. The molecule has 22 N–H and O–H groups in total. The molecule has 2 fully saturated rings. The molecule has 5 heterocycles. The number of benzene rings is 2. The second-order valence-electron chi connectivity index (χ2n) is 28.8. The molecule has 0 spiro atoms. The molecule has 0 saturated carbocycles. The number of aromatic nitrogens is 4. The number of carbonyl (C=O) groups is 16. The van der Waals surface area contributed by atoms with E-state index >= 15 is 24.0 Å². The SMILES string of the molecule is C.C[C@@H](O)[C@@H]1NC(=O)[C@H]2CC(=O)[C@@H](NC(=O)CN)CSSC[C@H](NC(=O)[C@H](CCCN=C(N)N)CC(=O)[C@@H]3CCCN3C(=O)[C@H](CC(=O)O)CC1=O)C(=O)C[C@@H](CCCNC(N)=O)C(=O)N[C@@H](Cc1c[nH]c3ccccc13)C(=O)C[C@@H](CCC(N)=O)C(=O)N[C@H](C(=O)C[C@@H](Cc1ccc(O)cc1)C(N)=O)CCCn1cc(nn1)C2. The Kier molecular flexibility index (Phi) is 36.6. The van der Waals surface area contributed by atoms with Gasteiger partial charge in [-0.05, 0) is 100 Å². The quantitative estimate of drug-likeness (QED) is 0.0178. The highest BCUT2D eigenvalue weighted by Crippen LogP contribution is 2.31. The van der Waals surface area contributed by atoms with E-state index in [1.165, 1.54) is 35.1 Å². The Hall–Kier alpha value is -10.7. The van der Waals surface area contributed by atoms with E-state index < -0.39 is 236 Å². The summed E-state index contributed by atoms with van der Waals surface area (Å²) in [5, 5.41) is 56.4. The number of fused-ring (bicyclic) bond motifs is 12. The lowest BCUT2D eigenvalue weighted by Crippen LogP contribution is -2.52. The summed E-state index contributed by atoms with van der Waals surface area (Å²) in [6, 6.07) is 2.64. The number of nitrogens with one attached hydrogen (secondary N) is 7. The zero-order valence-electron chi connectivity index (χ0n) is 62.8. The van der Waals surface area contributed by atoms with Gasteiger partial charge in [0.1, 0.15) is 11.8 Å². The maximum atomic E-state index is 15.5. The van der Waals surface area contributed by atoms with Gasteiger partial charge in [-0.2, -0.15) is 0 Å². The monoisotopic (exact) mass is 1630 g/mol. The number of phenolic OH excluding ortho intramolecular Hbond substituents is 1. The molecule has 4 bridgehead atoms. The number of aromatic amines is 1. The lowest BCUT2D eigenvalue weighted by molar-refractivity contribution is -0.148. The average Bonchev–Trinajstić information content (AvgIpc) is 1.61. The predicted molar refractivity (Wildman–Crippen MR) is 419 cm³/mol. The minimum Gasteiger partial charge on any atom is -0.508 e. The first kappa shape index (κ1) is 92.2. The second-order valence-corrected chi connectivity index (χ2v) is 31.4. The molecule has 37 nitrogen and oxygen atoms in total. The molecule has 10 amide bonds. The third kappa shape index (κ3) is 28.8. The van der Waals surface area contributed by atoms with Gasteiger partial charge in [0.2, 0.25) is 47.3 Å². The van der Waals surface area contributed by atoms with Crippen LogP contribution >= 0.6 is 21.6 Å². The molecule has 39 heteroatoms. The first-order valence-electron chi connectivity index (χ1n) is 37.5. The van der Waals surface area contributed by atoms with Gasteiger partial charge in [-0.1, -0.05) is 64.6 Å². The molecule has 3 aliphatic rings. The van der Waals surface area contributed by atoms with E-state index in [2.05, 4.69) is 52.2 Å². The van der Waals surface area contributed by atoms with Crippen molar-refractivity contribution in [2.24, 2.45) is 74.9 Å². The lowest BCUT2D eigenvalue weighted by Gasteiger charge is -2.30. The number of guanidine groups is 1. The summed E-state index contributed by atoms with van der Waals surface area (Å²) in [7, 11) is 1.84. The fraction of sp³-hybridized carbons (Fsp3) is 0.560. The Labute approximate surface area is 665 Å². The summed E-state index contributed by atoms with van der Waals surface area (Å²) in [5.74, 6) is -23.3. The van der Waals surface area contributed by atoms with Crippen LogP contribution in [0.15, 0.2) is 65.9 Å². The minimum absolute atomic E-state index is 0. The molecule has 7 rings (SSSR count). The summed E-state index contributed by atoms with van der Waals surface area (Å²) in [6.45, 7) is 0.141. The number of Topliss-reactive ketones (excluding diaryl/α,β-unsaturated/α-hetero) is 6. The first-order chi connectivity index (χ1) is 53.8. The number of ketones is 6. The number of amides is 10. The number of carbonyl (C=O) groups excluding carboxylic acids is 15. The number of aliphatic carboxylic acids is 1. The van der Waals surface area contributed by atoms with Crippen molar-refractivity contribution in [1.29, 1.82) is 0 Å². The lowest BCUT2D eigenvalue weighted by atomic mass is 9.88. The topological polar surface area (TPSA) is 624 Å². The van der Waals surface area contributed by atoms with Crippen molar-refractivity contribution in [2.75, 3.05) is 37.7 Å². The van der Waals surface area contributed by atoms with Gasteiger partial charge in [-0.3, -0.25) is 81.6 Å². The second kappa shape index (κ2) is 45.3. The van der Waals surface area contributed by atoms with Crippen molar-refractivity contribution < 1.29 is 92.0 Å². The van der Waals surface area contributed by atoms with Crippen LogP contribution in [0.3, 0.4) is 0 Å². The number of rotatable bonds is 24. The van der Waals surface area contributed by atoms with Crippen LogP contribution in [0.2, 0.25) is 0 Å². The summed E-state index contributed by atoms with van der Waals surface area (Å²) in [4.78, 5) is 237. The van der Waals surface area contributed by atoms with E-state index in [1.807, 2.05) is 0 Å². The Morgan fingerprint density at radius 3 is 2.04 bits per heavy atom. The number of H-pyrrole nitrogens is 1. The Bertz CT molecular complexity index is 4130. The number of aliphatic hydroxyl groups excluding tert-OH is 1. The third-order valence-electron chi connectivity index (χ3n) is 20.2. The van der Waals surface area contributed by atoms with Gasteiger partial charge < -0.3 is 91.5 Å². The molecule has 0 unspecified atom stereocenters. The largest absolute Gasteiger partial charge is 0.508 e. The van der Waals surface area contributed by atoms with Crippen LogP contribution in [0.1, 0.15) is 140 Å². The van der Waals surface area contributed by atoms with Crippen LogP contribution in [0, 0.1) is 35.5 Å². The smallest absolute Gasteiger partial charge is 0.312 e. The molecule has 4 aromatic rings. The number of aromatic hydroxyl groups is 1. The molecule has 0 aliphatic carbocycles. The van der Waals surface area contributed by atoms with Crippen LogP contribution in [-0.4, -0.2) is 220 Å². The molecular formula is C75H106N18O19S2. The van der Waals surface area contributed by atoms with Crippen molar-refractivity contribution in [1.82, 2.24) is 56.8 Å². The van der Waals surface area contributed by atoms with Gasteiger partial charge in [0.05, 0.1) is 66.8 Å². The Morgan fingerprint density at radius 1 is 0.711 bits per heavy atom. The van der Waals surface area contributed by atoms with E-state index in [0.29, 0.717) is 22.0 Å². The maximum Gasteiger partial charge on any atom is 0.312 e. The van der Waals surface area contributed by atoms with E-state index in [-0.39, 0.29) is 133 Å². The van der Waals surface area contributed by atoms with Gasteiger partial charge in [0, 0.05) is 142 Å². The van der Waals surface area contributed by atoms with E-state index in [1.54, 1.807) is 30.5 Å². The number of aliphatic hydroxyl groups is 1. The summed E-state index contributed by atoms with van der Waals surface area (Å²) >= 11 is 0. The average molecular weight is 1630 g/mol. The van der Waals surface area contributed by atoms with Crippen LogP contribution in [0.25, 0.3) is 10.9 Å². The van der Waals surface area contributed by atoms with Crippen LogP contribution in [0.4, 0.5) is 4.79 Å². The highest BCUT2D eigenvalue weighted by Gasteiger charge is 2.43. The third-order valence-corrected chi connectivity index (χ3v) is 22.6. The molecule has 622 valence electrons. The first-order valence-corrected chi connectivity index (χ1v) is 40.0. The highest BCUT2D eigenvalue weighted by atomic mass is 33.1. The molecule has 0 radical (unpaired) electrons. The number of urea groups is 1. The highest BCUT2D eigenvalue weighted by molar-refractivity contribution is 8.76. The number of aryl methyl sites for hydroxylation is 1. The Morgan fingerprint density at radius 2 is 1.36 bits per heavy atom. The van der Waals surface area contributed by atoms with Crippen molar-refractivity contribution in [3.63, 3.8) is 0 Å². The fourth-order valence-corrected chi connectivity index (χ4v) is 16.4. The summed E-state index contributed by atoms with van der Waals surface area (Å²) in [5.41, 5.74) is 35.8. The van der Waals surface area contributed by atoms with Gasteiger partial charge in [0.15, 0.2) is 40.7 Å². The summed E-state index contributed by atoms with van der Waals surface area (Å²) in [6.07, 6.45) is -5.82. The van der Waals surface area contributed by atoms with Crippen LogP contribution in [0.5, 0.6) is 5.75 Å². The number of hydrogen-bond acceptors (Lipinski definition) is 24. The van der Waals surface area contributed by atoms with Gasteiger partial charge in [-0.15, -0.1) is 5.10 Å². The molecule has 3 aliphatic heterocycles. The number of carboxylic acids is 1. The van der Waals surface area contributed by atoms with E-state index in [4.69, 9.17) is 34.4 Å². The zero-order chi connectivity index (χ0) is 82.6. The number of para-hydroxylation sites is 1. The Balaban J connectivity index is 0.0000202. The van der Waals surface area contributed by atoms with Crippen LogP contribution < -0.4 is 66.3 Å². The zero-order valence-corrected chi connectivity index (χ0v) is 64.4. The number of aliphatic imine (C=N–C) groups is 1. The van der Waals surface area contributed by atoms with Gasteiger partial charge >= 0.3 is 12.0 Å². The van der Waals surface area contributed by atoms with Gasteiger partial charge in [-0.25, -0.2) is 4.79 Å². The van der Waals surface area contributed by atoms with E-state index in [9.17, 15) is 68.1 Å². The van der Waals surface area contributed by atoms with Crippen molar-refractivity contribution in [2.45, 2.75) is 192 Å². The normalized spacial score (nSPS) is 24.0.